The standard InChI is InChI=1S/C15H19N3O5.ClH/c1-10-8-11(18(22)23)5-6-12(10)16-14(19)9-17-7-3-2-4-13(17)15(20)21;/h5-6,8,13H,2-4,7,9H2,1H3,(H,16,19)(H,20,21);1H. The molecule has 0 aliphatic carbocycles. The molecule has 0 aromatic heterocycles. The van der Waals surface area contributed by atoms with Crippen LogP contribution in [0, 0.1) is 17.0 Å². The molecule has 1 aliphatic heterocycles. The number of nitro groups is 1. The van der Waals surface area contributed by atoms with Crippen molar-refractivity contribution < 1.29 is 19.6 Å². The predicted octanol–water partition coefficient (Wildman–Crippen LogP) is 2.20. The Morgan fingerprint density at radius 3 is 2.71 bits per heavy atom. The molecule has 0 bridgehead atoms. The fraction of sp³-hybridized carbons (Fsp3) is 0.467. The summed E-state index contributed by atoms with van der Waals surface area (Å²) in [6.07, 6.45) is 2.25. The quantitative estimate of drug-likeness (QED) is 0.617. The number of aliphatic carboxylic acids is 1. The molecular weight excluding hydrogens is 338 g/mol. The highest BCUT2D eigenvalue weighted by Gasteiger charge is 2.29. The van der Waals surface area contributed by atoms with Crippen LogP contribution in [0.15, 0.2) is 18.2 Å². The van der Waals surface area contributed by atoms with E-state index >= 15 is 0 Å². The SMILES string of the molecule is Cc1cc([N+](=O)[O-])ccc1NC(=O)CN1CCCCC1C(=O)O.Cl. The van der Waals surface area contributed by atoms with Gasteiger partial charge in [0.15, 0.2) is 0 Å². The van der Waals surface area contributed by atoms with E-state index in [1.807, 2.05) is 0 Å². The van der Waals surface area contributed by atoms with Crippen molar-refractivity contribution in [3.05, 3.63) is 33.9 Å². The van der Waals surface area contributed by atoms with Gasteiger partial charge in [-0.25, -0.2) is 0 Å². The number of anilines is 1. The van der Waals surface area contributed by atoms with Crippen molar-refractivity contribution in [1.82, 2.24) is 4.90 Å². The van der Waals surface area contributed by atoms with Crippen LogP contribution in [0.5, 0.6) is 0 Å². The number of likely N-dealkylation sites (tertiary alicyclic amines) is 1. The molecule has 1 amide bonds. The molecule has 1 atom stereocenters. The number of nitrogens with zero attached hydrogens (tertiary/aromatic N) is 2. The Balaban J connectivity index is 0.00000288. The van der Waals surface area contributed by atoms with Crippen molar-refractivity contribution in [2.45, 2.75) is 32.2 Å². The molecule has 1 heterocycles. The number of carbonyl (C=O) groups is 2. The van der Waals surface area contributed by atoms with Gasteiger partial charge < -0.3 is 10.4 Å². The zero-order chi connectivity index (χ0) is 17.0. The Morgan fingerprint density at radius 1 is 1.42 bits per heavy atom. The summed E-state index contributed by atoms with van der Waals surface area (Å²) in [5.74, 6) is -1.24. The number of nitro benzene ring substituents is 1. The van der Waals surface area contributed by atoms with Gasteiger partial charge in [0.05, 0.1) is 11.5 Å². The highest BCUT2D eigenvalue weighted by atomic mass is 35.5. The summed E-state index contributed by atoms with van der Waals surface area (Å²) in [4.78, 5) is 35.2. The normalized spacial score (nSPS) is 17.6. The second kappa shape index (κ2) is 8.60. The Morgan fingerprint density at radius 2 is 2.12 bits per heavy atom. The molecule has 132 valence electrons. The first-order valence-electron chi connectivity index (χ1n) is 7.40. The molecule has 1 aliphatic rings. The van der Waals surface area contributed by atoms with Gasteiger partial charge in [-0.3, -0.25) is 24.6 Å². The third-order valence-electron chi connectivity index (χ3n) is 3.94. The number of amides is 1. The fourth-order valence-electron chi connectivity index (χ4n) is 2.74. The Hall–Kier alpha value is -2.19. The number of aryl methyl sites for hydroxylation is 1. The van der Waals surface area contributed by atoms with Crippen LogP contribution < -0.4 is 5.32 Å². The van der Waals surface area contributed by atoms with E-state index in [1.54, 1.807) is 11.8 Å². The maximum absolute atomic E-state index is 12.1. The molecule has 1 aromatic carbocycles. The van der Waals surface area contributed by atoms with Crippen LogP contribution in [0.4, 0.5) is 11.4 Å². The lowest BCUT2D eigenvalue weighted by Crippen LogP contribution is -2.47. The highest BCUT2D eigenvalue weighted by molar-refractivity contribution is 5.93. The number of benzene rings is 1. The number of non-ortho nitro benzene ring substituents is 1. The van der Waals surface area contributed by atoms with E-state index in [2.05, 4.69) is 5.32 Å². The minimum atomic E-state index is -0.913. The molecule has 24 heavy (non-hydrogen) atoms. The van der Waals surface area contributed by atoms with Crippen LogP contribution in [0.2, 0.25) is 0 Å². The number of hydrogen-bond donors (Lipinski definition) is 2. The van der Waals surface area contributed by atoms with Gasteiger partial charge in [-0.1, -0.05) is 6.42 Å². The van der Waals surface area contributed by atoms with E-state index in [9.17, 15) is 24.8 Å². The van der Waals surface area contributed by atoms with Crippen LogP contribution in [-0.2, 0) is 9.59 Å². The first kappa shape index (κ1) is 19.9. The largest absolute Gasteiger partial charge is 0.480 e. The zero-order valence-corrected chi connectivity index (χ0v) is 14.0. The number of carboxylic acids is 1. The van der Waals surface area contributed by atoms with Crippen molar-refractivity contribution in [2.24, 2.45) is 0 Å². The minimum absolute atomic E-state index is 0. The number of carboxylic acid groups (broad SMARTS) is 1. The lowest BCUT2D eigenvalue weighted by molar-refractivity contribution is -0.384. The van der Waals surface area contributed by atoms with Crippen LogP contribution in [0.25, 0.3) is 0 Å². The summed E-state index contributed by atoms with van der Waals surface area (Å²) in [6.45, 7) is 2.24. The molecular formula is C15H20ClN3O5. The molecule has 0 spiro atoms. The fourth-order valence-corrected chi connectivity index (χ4v) is 2.74. The molecule has 0 radical (unpaired) electrons. The monoisotopic (exact) mass is 357 g/mol. The molecule has 2 rings (SSSR count). The van der Waals surface area contributed by atoms with Gasteiger partial charge in [0, 0.05) is 17.8 Å². The van der Waals surface area contributed by atoms with E-state index < -0.39 is 16.9 Å². The molecule has 8 nitrogen and oxygen atoms in total. The highest BCUT2D eigenvalue weighted by Crippen LogP contribution is 2.22. The number of carbonyl (C=O) groups excluding carboxylic acids is 1. The Labute approximate surface area is 145 Å². The van der Waals surface area contributed by atoms with Gasteiger partial charge in [0.1, 0.15) is 6.04 Å². The molecule has 0 saturated carbocycles. The van der Waals surface area contributed by atoms with Crippen molar-refractivity contribution in [3.63, 3.8) is 0 Å². The first-order valence-corrected chi connectivity index (χ1v) is 7.40. The van der Waals surface area contributed by atoms with Crippen molar-refractivity contribution in [3.8, 4) is 0 Å². The van der Waals surface area contributed by atoms with E-state index in [-0.39, 0.29) is 30.5 Å². The number of hydrogen-bond acceptors (Lipinski definition) is 5. The summed E-state index contributed by atoms with van der Waals surface area (Å²) in [7, 11) is 0. The molecule has 1 unspecified atom stereocenters. The smallest absolute Gasteiger partial charge is 0.320 e. The first-order chi connectivity index (χ1) is 10.9. The summed E-state index contributed by atoms with van der Waals surface area (Å²) in [5.41, 5.74) is 1.04. The lowest BCUT2D eigenvalue weighted by Gasteiger charge is -2.32. The summed E-state index contributed by atoms with van der Waals surface area (Å²) >= 11 is 0. The van der Waals surface area contributed by atoms with E-state index in [0.29, 0.717) is 24.2 Å². The lowest BCUT2D eigenvalue weighted by atomic mass is 10.0. The molecule has 1 saturated heterocycles. The topological polar surface area (TPSA) is 113 Å². The Bertz CT molecular complexity index is 638. The Kier molecular flexibility index (Phi) is 7.12. The minimum Gasteiger partial charge on any atom is -0.480 e. The number of halogens is 1. The van der Waals surface area contributed by atoms with Gasteiger partial charge in [-0.2, -0.15) is 0 Å². The summed E-state index contributed by atoms with van der Waals surface area (Å²) < 4.78 is 0. The number of rotatable bonds is 5. The third-order valence-corrected chi connectivity index (χ3v) is 3.94. The van der Waals surface area contributed by atoms with Crippen LogP contribution in [0.1, 0.15) is 24.8 Å². The van der Waals surface area contributed by atoms with Crippen LogP contribution in [-0.4, -0.2) is 45.9 Å². The maximum atomic E-state index is 12.1. The van der Waals surface area contributed by atoms with E-state index in [0.717, 1.165) is 12.8 Å². The summed E-state index contributed by atoms with van der Waals surface area (Å²) in [6, 6.07) is 3.56. The van der Waals surface area contributed by atoms with E-state index in [4.69, 9.17) is 0 Å². The van der Waals surface area contributed by atoms with Crippen LogP contribution in [0.3, 0.4) is 0 Å². The number of piperidine rings is 1. The number of nitrogens with one attached hydrogen (secondary N) is 1. The van der Waals surface area contributed by atoms with Gasteiger partial charge >= 0.3 is 5.97 Å². The van der Waals surface area contributed by atoms with Gasteiger partial charge in [0.2, 0.25) is 5.91 Å². The molecule has 1 fully saturated rings. The van der Waals surface area contributed by atoms with Crippen molar-refractivity contribution >= 4 is 35.7 Å². The van der Waals surface area contributed by atoms with Crippen LogP contribution >= 0.6 is 12.4 Å². The van der Waals surface area contributed by atoms with Gasteiger partial charge in [0.25, 0.3) is 5.69 Å². The average molecular weight is 358 g/mol. The molecule has 1 aromatic rings. The molecule has 2 N–H and O–H groups in total. The van der Waals surface area contributed by atoms with Crippen molar-refractivity contribution in [2.75, 3.05) is 18.4 Å². The second-order valence-electron chi connectivity index (χ2n) is 5.62. The third kappa shape index (κ3) is 4.90. The average Bonchev–Trinajstić information content (AvgIpc) is 2.49. The summed E-state index contributed by atoms with van der Waals surface area (Å²) in [5, 5.41) is 22.6. The van der Waals surface area contributed by atoms with E-state index in [1.165, 1.54) is 18.2 Å². The molecule has 9 heteroatoms. The second-order valence-corrected chi connectivity index (χ2v) is 5.62. The van der Waals surface area contributed by atoms with Crippen molar-refractivity contribution in [1.29, 1.82) is 0 Å². The van der Waals surface area contributed by atoms with Gasteiger partial charge in [-0.15, -0.1) is 12.4 Å². The zero-order valence-electron chi connectivity index (χ0n) is 13.2. The predicted molar refractivity (Wildman–Crippen MR) is 90.6 cm³/mol. The maximum Gasteiger partial charge on any atom is 0.320 e. The van der Waals surface area contributed by atoms with Gasteiger partial charge in [-0.05, 0) is 37.9 Å².